The number of nitrogens with one attached hydrogen (secondary N) is 1. The van der Waals surface area contributed by atoms with Gasteiger partial charge in [-0.2, -0.15) is 0 Å². The molecule has 110 valence electrons. The van der Waals surface area contributed by atoms with Crippen molar-refractivity contribution >= 4 is 12.0 Å². The second-order valence-electron chi connectivity index (χ2n) is 5.40. The Morgan fingerprint density at radius 3 is 2.43 bits per heavy atom. The normalized spacial score (nSPS) is 12.8. The Morgan fingerprint density at radius 1 is 1.14 bits per heavy atom. The van der Waals surface area contributed by atoms with Crippen LogP contribution < -0.4 is 5.32 Å². The van der Waals surface area contributed by atoms with Crippen molar-refractivity contribution in [1.29, 1.82) is 0 Å². The van der Waals surface area contributed by atoms with E-state index in [1.54, 1.807) is 12.3 Å². The van der Waals surface area contributed by atoms with Crippen molar-refractivity contribution in [3.8, 4) is 0 Å². The Bertz CT molecular complexity index is 595. The van der Waals surface area contributed by atoms with E-state index in [2.05, 4.69) is 31.3 Å². The number of hydrogen-bond acceptors (Lipinski definition) is 2. The summed E-state index contributed by atoms with van der Waals surface area (Å²) in [4.78, 5) is 11.9. The molecule has 1 aromatic heterocycles. The topological polar surface area (TPSA) is 42.2 Å². The molecule has 0 fully saturated rings. The third-order valence-electron chi connectivity index (χ3n) is 3.36. The Labute approximate surface area is 125 Å². The van der Waals surface area contributed by atoms with Crippen molar-refractivity contribution < 1.29 is 9.21 Å². The molecule has 21 heavy (non-hydrogen) atoms. The molecule has 1 N–H and O–H groups in total. The standard InChI is InChI=1S/C18H21NO2/c1-13(2)16-9-6-15(7-10-16)8-11-18(20)19-14(3)17-5-4-12-21-17/h4-14H,1-3H3,(H,19,20)/b11-8+/t14-/m0/s1. The van der Waals surface area contributed by atoms with Gasteiger partial charge in [0, 0.05) is 6.08 Å². The van der Waals surface area contributed by atoms with Crippen molar-refractivity contribution in [1.82, 2.24) is 5.32 Å². The average molecular weight is 283 g/mol. The number of furan rings is 1. The van der Waals surface area contributed by atoms with Gasteiger partial charge in [-0.15, -0.1) is 0 Å². The Kier molecular flexibility index (Phi) is 4.99. The molecular weight excluding hydrogens is 262 g/mol. The molecule has 0 spiro atoms. The van der Waals surface area contributed by atoms with Crippen LogP contribution in [0.4, 0.5) is 0 Å². The predicted molar refractivity (Wildman–Crippen MR) is 84.8 cm³/mol. The van der Waals surface area contributed by atoms with E-state index in [0.29, 0.717) is 5.92 Å². The molecule has 1 aromatic carbocycles. The van der Waals surface area contributed by atoms with Crippen molar-refractivity contribution in [3.05, 3.63) is 65.6 Å². The van der Waals surface area contributed by atoms with E-state index >= 15 is 0 Å². The fraction of sp³-hybridized carbons (Fsp3) is 0.278. The lowest BCUT2D eigenvalue weighted by atomic mass is 10.0. The summed E-state index contributed by atoms with van der Waals surface area (Å²) < 4.78 is 5.26. The summed E-state index contributed by atoms with van der Waals surface area (Å²) in [6.45, 7) is 6.21. The molecule has 2 rings (SSSR count). The second kappa shape index (κ2) is 6.93. The molecule has 0 aliphatic carbocycles. The molecule has 0 aliphatic heterocycles. The maximum atomic E-state index is 11.9. The zero-order chi connectivity index (χ0) is 15.2. The van der Waals surface area contributed by atoms with Crippen LogP contribution in [0.15, 0.2) is 53.2 Å². The van der Waals surface area contributed by atoms with E-state index < -0.39 is 0 Å². The third-order valence-corrected chi connectivity index (χ3v) is 3.36. The SMILES string of the molecule is CC(C)c1ccc(/C=C/C(=O)N[C@@H](C)c2ccco2)cc1. The molecule has 3 heteroatoms. The number of hydrogen-bond donors (Lipinski definition) is 1. The van der Waals surface area contributed by atoms with Crippen LogP contribution in [0.2, 0.25) is 0 Å². The van der Waals surface area contributed by atoms with Crippen molar-refractivity contribution in [2.45, 2.75) is 32.7 Å². The summed E-state index contributed by atoms with van der Waals surface area (Å²) in [6, 6.07) is 11.7. The maximum Gasteiger partial charge on any atom is 0.244 e. The molecule has 0 aliphatic rings. The fourth-order valence-electron chi connectivity index (χ4n) is 2.03. The van der Waals surface area contributed by atoms with Crippen LogP contribution in [0, 0.1) is 0 Å². The molecule has 2 aromatic rings. The van der Waals surface area contributed by atoms with Crippen LogP contribution in [0.5, 0.6) is 0 Å². The van der Waals surface area contributed by atoms with Crippen LogP contribution in [-0.4, -0.2) is 5.91 Å². The summed E-state index contributed by atoms with van der Waals surface area (Å²) in [5.74, 6) is 1.13. The summed E-state index contributed by atoms with van der Waals surface area (Å²) in [5.41, 5.74) is 2.31. The third kappa shape index (κ3) is 4.35. The molecule has 1 atom stereocenters. The van der Waals surface area contributed by atoms with Gasteiger partial charge in [0.2, 0.25) is 5.91 Å². The van der Waals surface area contributed by atoms with Gasteiger partial charge in [-0.3, -0.25) is 4.79 Å². The first-order chi connectivity index (χ1) is 10.1. The van der Waals surface area contributed by atoms with Crippen LogP contribution >= 0.6 is 0 Å². The smallest absolute Gasteiger partial charge is 0.244 e. The zero-order valence-corrected chi connectivity index (χ0v) is 12.7. The lowest BCUT2D eigenvalue weighted by Crippen LogP contribution is -2.24. The van der Waals surface area contributed by atoms with Gasteiger partial charge in [0.1, 0.15) is 5.76 Å². The van der Waals surface area contributed by atoms with Crippen LogP contribution in [-0.2, 0) is 4.79 Å². The second-order valence-corrected chi connectivity index (χ2v) is 5.40. The highest BCUT2D eigenvalue weighted by molar-refractivity contribution is 5.91. The van der Waals surface area contributed by atoms with E-state index in [9.17, 15) is 4.79 Å². The lowest BCUT2D eigenvalue weighted by molar-refractivity contribution is -0.117. The van der Waals surface area contributed by atoms with Gasteiger partial charge in [-0.1, -0.05) is 38.1 Å². The molecule has 1 heterocycles. The van der Waals surface area contributed by atoms with Crippen LogP contribution in [0.1, 0.15) is 49.6 Å². The minimum Gasteiger partial charge on any atom is -0.467 e. The fourth-order valence-corrected chi connectivity index (χ4v) is 2.03. The van der Waals surface area contributed by atoms with Crippen molar-refractivity contribution in [3.63, 3.8) is 0 Å². The van der Waals surface area contributed by atoms with E-state index in [1.807, 2.05) is 37.3 Å². The van der Waals surface area contributed by atoms with E-state index in [-0.39, 0.29) is 11.9 Å². The van der Waals surface area contributed by atoms with E-state index in [4.69, 9.17) is 4.42 Å². The zero-order valence-electron chi connectivity index (χ0n) is 12.7. The molecule has 0 radical (unpaired) electrons. The number of carbonyl (C=O) groups excluding carboxylic acids is 1. The molecular formula is C18H21NO2. The molecule has 1 amide bonds. The van der Waals surface area contributed by atoms with Gasteiger partial charge in [0.15, 0.2) is 0 Å². The number of carbonyl (C=O) groups is 1. The first-order valence-corrected chi connectivity index (χ1v) is 7.18. The molecule has 0 saturated heterocycles. The number of rotatable bonds is 5. The summed E-state index contributed by atoms with van der Waals surface area (Å²) in [6.07, 6.45) is 4.96. The summed E-state index contributed by atoms with van der Waals surface area (Å²) in [5, 5.41) is 2.86. The van der Waals surface area contributed by atoms with Gasteiger partial charge >= 0.3 is 0 Å². The molecule has 0 unspecified atom stereocenters. The van der Waals surface area contributed by atoms with E-state index in [0.717, 1.165) is 11.3 Å². The highest BCUT2D eigenvalue weighted by atomic mass is 16.3. The number of amides is 1. The van der Waals surface area contributed by atoms with Gasteiger partial charge in [0.05, 0.1) is 12.3 Å². The van der Waals surface area contributed by atoms with Crippen LogP contribution in [0.3, 0.4) is 0 Å². The first kappa shape index (κ1) is 15.1. The van der Waals surface area contributed by atoms with Gasteiger partial charge in [-0.25, -0.2) is 0 Å². The van der Waals surface area contributed by atoms with Crippen molar-refractivity contribution in [2.75, 3.05) is 0 Å². The monoisotopic (exact) mass is 283 g/mol. The van der Waals surface area contributed by atoms with Crippen molar-refractivity contribution in [2.24, 2.45) is 0 Å². The quantitative estimate of drug-likeness (QED) is 0.832. The minimum atomic E-state index is -0.138. The highest BCUT2D eigenvalue weighted by Crippen LogP contribution is 2.15. The van der Waals surface area contributed by atoms with E-state index in [1.165, 1.54) is 5.56 Å². The Hall–Kier alpha value is -2.29. The summed E-state index contributed by atoms with van der Waals surface area (Å²) >= 11 is 0. The summed E-state index contributed by atoms with van der Waals surface area (Å²) in [7, 11) is 0. The molecule has 3 nitrogen and oxygen atoms in total. The van der Waals surface area contributed by atoms with Gasteiger partial charge < -0.3 is 9.73 Å². The van der Waals surface area contributed by atoms with Gasteiger partial charge in [-0.05, 0) is 42.2 Å². The molecule has 0 saturated carbocycles. The molecule has 0 bridgehead atoms. The predicted octanol–water partition coefficient (Wildman–Crippen LogP) is 4.29. The van der Waals surface area contributed by atoms with Gasteiger partial charge in [0.25, 0.3) is 0 Å². The average Bonchev–Trinajstić information content (AvgIpc) is 3.00. The van der Waals surface area contributed by atoms with Crippen LogP contribution in [0.25, 0.3) is 6.08 Å². The minimum absolute atomic E-state index is 0.133. The lowest BCUT2D eigenvalue weighted by Gasteiger charge is -2.09. The largest absolute Gasteiger partial charge is 0.467 e. The number of benzene rings is 1. The Morgan fingerprint density at radius 2 is 1.86 bits per heavy atom. The first-order valence-electron chi connectivity index (χ1n) is 7.18. The highest BCUT2D eigenvalue weighted by Gasteiger charge is 2.09. The maximum absolute atomic E-state index is 11.9. The Balaban J connectivity index is 1.92.